The van der Waals surface area contributed by atoms with Crippen LogP contribution >= 0.6 is 11.6 Å². The fourth-order valence-electron chi connectivity index (χ4n) is 1.59. The van der Waals surface area contributed by atoms with Gasteiger partial charge in [-0.2, -0.15) is 5.10 Å². The number of hydrogen-bond acceptors (Lipinski definition) is 5. The van der Waals surface area contributed by atoms with Gasteiger partial charge in [0.2, 0.25) is 0 Å². The predicted octanol–water partition coefficient (Wildman–Crippen LogP) is 2.08. The average Bonchev–Trinajstić information content (AvgIpc) is 2.79. The molecule has 0 saturated carbocycles. The fraction of sp³-hybridized carbons (Fsp3) is 0.100. The van der Waals surface area contributed by atoms with Gasteiger partial charge in [-0.1, -0.05) is 11.6 Å². The first-order chi connectivity index (χ1) is 9.31. The van der Waals surface area contributed by atoms with Gasteiger partial charge in [0.15, 0.2) is 0 Å². The third-order valence-corrected chi connectivity index (χ3v) is 4.31. The molecule has 0 saturated heterocycles. The number of aromatic nitrogens is 2. The van der Waals surface area contributed by atoms with Gasteiger partial charge in [0.1, 0.15) is 5.02 Å². The summed E-state index contributed by atoms with van der Waals surface area (Å²) in [7, 11) is -3.96. The van der Waals surface area contributed by atoms with E-state index in [1.54, 1.807) is 0 Å². The molecule has 2 aromatic rings. The third-order valence-electron chi connectivity index (χ3n) is 2.48. The first kappa shape index (κ1) is 14.3. The van der Waals surface area contributed by atoms with E-state index in [4.69, 9.17) is 11.6 Å². The second-order valence-corrected chi connectivity index (χ2v) is 5.98. The van der Waals surface area contributed by atoms with Gasteiger partial charge in [-0.05, 0) is 18.6 Å². The minimum absolute atomic E-state index is 0.116. The number of nitro benzene ring substituents is 1. The lowest BCUT2D eigenvalue weighted by Crippen LogP contribution is -2.14. The average molecular weight is 317 g/mol. The standard InChI is InChI=1S/C10H9ClN4O4S/c1-6-2-8(11)9(15(16)17)3-10(6)20(18,19)14-7-4-12-13-5-7/h2-5,14H,1H3,(H,12,13). The SMILES string of the molecule is Cc1cc(Cl)c([N+](=O)[O-])cc1S(=O)(=O)Nc1cn[nH]c1. The van der Waals surface area contributed by atoms with Crippen molar-refractivity contribution < 1.29 is 13.3 Å². The highest BCUT2D eigenvalue weighted by Gasteiger charge is 2.23. The van der Waals surface area contributed by atoms with E-state index in [-0.39, 0.29) is 15.6 Å². The molecule has 1 aromatic carbocycles. The van der Waals surface area contributed by atoms with Crippen LogP contribution in [0.2, 0.25) is 5.02 Å². The Kier molecular flexibility index (Phi) is 3.64. The van der Waals surface area contributed by atoms with Crippen molar-refractivity contribution in [1.29, 1.82) is 0 Å². The van der Waals surface area contributed by atoms with Gasteiger partial charge < -0.3 is 0 Å². The van der Waals surface area contributed by atoms with Gasteiger partial charge in [0.05, 0.1) is 21.7 Å². The Bertz CT molecular complexity index is 758. The Morgan fingerprint density at radius 3 is 2.70 bits per heavy atom. The highest BCUT2D eigenvalue weighted by molar-refractivity contribution is 7.92. The number of rotatable bonds is 4. The molecule has 1 heterocycles. The number of aromatic amines is 1. The zero-order chi connectivity index (χ0) is 14.9. The summed E-state index contributed by atoms with van der Waals surface area (Å²) in [4.78, 5) is 9.87. The number of hydrogen-bond donors (Lipinski definition) is 2. The smallest absolute Gasteiger partial charge is 0.284 e. The minimum atomic E-state index is -3.96. The summed E-state index contributed by atoms with van der Waals surface area (Å²) >= 11 is 5.72. The lowest BCUT2D eigenvalue weighted by atomic mass is 10.2. The Labute approximate surface area is 119 Å². The predicted molar refractivity (Wildman–Crippen MR) is 72.2 cm³/mol. The van der Waals surface area contributed by atoms with Crippen molar-refractivity contribution in [2.45, 2.75) is 11.8 Å². The van der Waals surface area contributed by atoms with Gasteiger partial charge in [0.25, 0.3) is 15.7 Å². The van der Waals surface area contributed by atoms with Crippen LogP contribution in [-0.2, 0) is 10.0 Å². The number of benzene rings is 1. The number of anilines is 1. The number of nitro groups is 1. The molecule has 2 N–H and O–H groups in total. The summed E-state index contributed by atoms with van der Waals surface area (Å²) in [6.45, 7) is 1.50. The maximum atomic E-state index is 12.2. The molecular formula is C10H9ClN4O4S. The van der Waals surface area contributed by atoms with E-state index in [0.717, 1.165) is 6.07 Å². The van der Waals surface area contributed by atoms with E-state index in [1.165, 1.54) is 25.4 Å². The summed E-state index contributed by atoms with van der Waals surface area (Å²) in [6.07, 6.45) is 2.62. The zero-order valence-corrected chi connectivity index (χ0v) is 11.7. The van der Waals surface area contributed by atoms with Crippen LogP contribution in [0.15, 0.2) is 29.4 Å². The zero-order valence-electron chi connectivity index (χ0n) is 10.1. The molecule has 0 aliphatic rings. The molecule has 106 valence electrons. The van der Waals surface area contributed by atoms with E-state index >= 15 is 0 Å². The van der Waals surface area contributed by atoms with Crippen molar-refractivity contribution in [3.05, 3.63) is 45.2 Å². The minimum Gasteiger partial charge on any atom is -0.284 e. The molecule has 0 amide bonds. The maximum absolute atomic E-state index is 12.2. The molecule has 0 unspecified atom stereocenters. The van der Waals surface area contributed by atoms with Crippen molar-refractivity contribution in [3.8, 4) is 0 Å². The lowest BCUT2D eigenvalue weighted by molar-refractivity contribution is -0.384. The molecule has 1 aromatic heterocycles. The van der Waals surface area contributed by atoms with Crippen molar-refractivity contribution >= 4 is 33.0 Å². The molecule has 0 bridgehead atoms. The summed E-state index contributed by atoms with van der Waals surface area (Å²) < 4.78 is 26.6. The second-order valence-electron chi connectivity index (χ2n) is 3.92. The second kappa shape index (κ2) is 5.10. The van der Waals surface area contributed by atoms with Crippen LogP contribution in [-0.4, -0.2) is 23.5 Å². The Morgan fingerprint density at radius 2 is 2.15 bits per heavy atom. The largest absolute Gasteiger partial charge is 0.289 e. The van der Waals surface area contributed by atoms with Gasteiger partial charge in [-0.3, -0.25) is 19.9 Å². The van der Waals surface area contributed by atoms with E-state index in [9.17, 15) is 18.5 Å². The van der Waals surface area contributed by atoms with Gasteiger partial charge in [-0.25, -0.2) is 8.42 Å². The Balaban J connectivity index is 2.51. The summed E-state index contributed by atoms with van der Waals surface area (Å²) in [6, 6.07) is 2.17. The van der Waals surface area contributed by atoms with E-state index < -0.39 is 20.6 Å². The van der Waals surface area contributed by atoms with Crippen molar-refractivity contribution in [3.63, 3.8) is 0 Å². The molecule has 0 radical (unpaired) electrons. The quantitative estimate of drug-likeness (QED) is 0.661. The van der Waals surface area contributed by atoms with Crippen molar-refractivity contribution in [2.75, 3.05) is 4.72 Å². The van der Waals surface area contributed by atoms with Crippen LogP contribution in [0.3, 0.4) is 0 Å². The third kappa shape index (κ3) is 2.73. The fourth-order valence-corrected chi connectivity index (χ4v) is 3.16. The molecule has 0 atom stereocenters. The van der Waals surface area contributed by atoms with Crippen LogP contribution in [0.1, 0.15) is 5.56 Å². The van der Waals surface area contributed by atoms with E-state index in [2.05, 4.69) is 14.9 Å². The first-order valence-corrected chi connectivity index (χ1v) is 7.13. The summed E-state index contributed by atoms with van der Waals surface area (Å²) in [5.41, 5.74) is 0.0587. The first-order valence-electron chi connectivity index (χ1n) is 5.27. The number of sulfonamides is 1. The number of nitrogens with zero attached hydrogens (tertiary/aromatic N) is 2. The van der Waals surface area contributed by atoms with Gasteiger partial charge >= 0.3 is 0 Å². The van der Waals surface area contributed by atoms with Crippen LogP contribution in [0.5, 0.6) is 0 Å². The topological polar surface area (TPSA) is 118 Å². The number of H-pyrrole nitrogens is 1. The van der Waals surface area contributed by atoms with Crippen molar-refractivity contribution in [1.82, 2.24) is 10.2 Å². The number of nitrogens with one attached hydrogen (secondary N) is 2. The number of halogens is 1. The molecule has 2 rings (SSSR count). The highest BCUT2D eigenvalue weighted by atomic mass is 35.5. The lowest BCUT2D eigenvalue weighted by Gasteiger charge is -2.09. The van der Waals surface area contributed by atoms with Gasteiger partial charge in [0, 0.05) is 12.3 Å². The Morgan fingerprint density at radius 1 is 1.45 bits per heavy atom. The maximum Gasteiger partial charge on any atom is 0.289 e. The Hall–Kier alpha value is -2.13. The highest BCUT2D eigenvalue weighted by Crippen LogP contribution is 2.30. The summed E-state index contributed by atoms with van der Waals surface area (Å²) in [5, 5.41) is 16.8. The van der Waals surface area contributed by atoms with Crippen molar-refractivity contribution in [2.24, 2.45) is 0 Å². The molecule has 20 heavy (non-hydrogen) atoms. The van der Waals surface area contributed by atoms with Crippen LogP contribution in [0, 0.1) is 17.0 Å². The summed E-state index contributed by atoms with van der Waals surface area (Å²) in [5.74, 6) is 0. The van der Waals surface area contributed by atoms with Gasteiger partial charge in [-0.15, -0.1) is 0 Å². The molecule has 0 spiro atoms. The van der Waals surface area contributed by atoms with Crippen LogP contribution in [0.4, 0.5) is 11.4 Å². The molecule has 0 fully saturated rings. The van der Waals surface area contributed by atoms with Crippen LogP contribution < -0.4 is 4.72 Å². The monoisotopic (exact) mass is 316 g/mol. The van der Waals surface area contributed by atoms with E-state index in [1.807, 2.05) is 0 Å². The van der Waals surface area contributed by atoms with E-state index in [0.29, 0.717) is 5.56 Å². The molecule has 0 aliphatic heterocycles. The molecule has 10 heteroatoms. The number of aryl methyl sites for hydroxylation is 1. The molecule has 0 aliphatic carbocycles. The normalized spacial score (nSPS) is 11.3. The molecular weight excluding hydrogens is 308 g/mol. The van der Waals surface area contributed by atoms with Crippen LogP contribution in [0.25, 0.3) is 0 Å². The molecule has 8 nitrogen and oxygen atoms in total.